The smallest absolute Gasteiger partial charge is 0.271 e. The number of nitrogens with zero attached hydrogens (tertiary/aromatic N) is 2. The fourth-order valence-corrected chi connectivity index (χ4v) is 3.65. The maximum absolute atomic E-state index is 12.1. The Bertz CT molecular complexity index is 479. The lowest BCUT2D eigenvalue weighted by Gasteiger charge is -2.31. The van der Waals surface area contributed by atoms with Gasteiger partial charge in [-0.1, -0.05) is 13.8 Å². The number of hydrogen-bond acceptors (Lipinski definition) is 4. The maximum atomic E-state index is 12.1. The van der Waals surface area contributed by atoms with Crippen molar-refractivity contribution in [1.82, 2.24) is 15.1 Å². The van der Waals surface area contributed by atoms with Gasteiger partial charge < -0.3 is 10.4 Å². The standard InChI is InChI=1S/C14H23N3O2S/c1-10(2)12-8-11(16-17(12)3)13(18)15-9-14(19)4-6-20-7-5-14/h8,10,19H,4-7,9H2,1-3H3,(H,15,18). The zero-order chi connectivity index (χ0) is 14.8. The number of carbonyl (C=O) groups excluding carboxylic acids is 1. The van der Waals surface area contributed by atoms with Gasteiger partial charge in [-0.3, -0.25) is 9.48 Å². The Morgan fingerprint density at radius 3 is 2.75 bits per heavy atom. The lowest BCUT2D eigenvalue weighted by molar-refractivity contribution is 0.0310. The van der Waals surface area contributed by atoms with Gasteiger partial charge in [0.2, 0.25) is 0 Å². The van der Waals surface area contributed by atoms with Crippen LogP contribution in [0.15, 0.2) is 6.07 Å². The van der Waals surface area contributed by atoms with Crippen molar-refractivity contribution < 1.29 is 9.90 Å². The van der Waals surface area contributed by atoms with Crippen LogP contribution in [-0.2, 0) is 7.05 Å². The van der Waals surface area contributed by atoms with Crippen LogP contribution in [0.1, 0.15) is 48.8 Å². The molecular weight excluding hydrogens is 274 g/mol. The number of amides is 1. The molecule has 0 atom stereocenters. The Balaban J connectivity index is 1.96. The van der Waals surface area contributed by atoms with Gasteiger partial charge in [0.05, 0.1) is 5.60 Å². The van der Waals surface area contributed by atoms with Crippen LogP contribution < -0.4 is 5.32 Å². The summed E-state index contributed by atoms with van der Waals surface area (Å²) in [7, 11) is 1.85. The maximum Gasteiger partial charge on any atom is 0.271 e. The Morgan fingerprint density at radius 1 is 1.55 bits per heavy atom. The van der Waals surface area contributed by atoms with E-state index in [0.717, 1.165) is 30.0 Å². The molecule has 0 aromatic carbocycles. The number of aliphatic hydroxyl groups is 1. The summed E-state index contributed by atoms with van der Waals surface area (Å²) < 4.78 is 1.74. The van der Waals surface area contributed by atoms with Gasteiger partial charge in [-0.25, -0.2) is 0 Å². The van der Waals surface area contributed by atoms with Crippen molar-refractivity contribution in [3.05, 3.63) is 17.5 Å². The highest BCUT2D eigenvalue weighted by Gasteiger charge is 2.30. The van der Waals surface area contributed by atoms with Crippen molar-refractivity contribution >= 4 is 17.7 Å². The summed E-state index contributed by atoms with van der Waals surface area (Å²) >= 11 is 1.85. The second kappa shape index (κ2) is 6.18. The van der Waals surface area contributed by atoms with E-state index in [9.17, 15) is 9.90 Å². The number of carbonyl (C=O) groups is 1. The highest BCUT2D eigenvalue weighted by molar-refractivity contribution is 7.99. The molecule has 1 amide bonds. The van der Waals surface area contributed by atoms with Crippen molar-refractivity contribution in [2.24, 2.45) is 7.05 Å². The van der Waals surface area contributed by atoms with Gasteiger partial charge in [-0.2, -0.15) is 16.9 Å². The van der Waals surface area contributed by atoms with Crippen molar-refractivity contribution in [3.8, 4) is 0 Å². The molecule has 0 spiro atoms. The number of rotatable bonds is 4. The lowest BCUT2D eigenvalue weighted by Crippen LogP contribution is -2.45. The Labute approximate surface area is 124 Å². The number of thioether (sulfide) groups is 1. The number of aryl methyl sites for hydroxylation is 1. The highest BCUT2D eigenvalue weighted by Crippen LogP contribution is 2.26. The van der Waals surface area contributed by atoms with Gasteiger partial charge in [0.15, 0.2) is 0 Å². The minimum absolute atomic E-state index is 0.209. The SMILES string of the molecule is CC(C)c1cc(C(=O)NCC2(O)CCSCC2)nn1C. The largest absolute Gasteiger partial charge is 0.388 e. The summed E-state index contributed by atoms with van der Waals surface area (Å²) in [6.45, 7) is 4.45. The summed E-state index contributed by atoms with van der Waals surface area (Å²) in [5.41, 5.74) is 0.698. The Kier molecular flexibility index (Phi) is 4.75. The summed E-state index contributed by atoms with van der Waals surface area (Å²) in [6, 6.07) is 1.82. The highest BCUT2D eigenvalue weighted by atomic mass is 32.2. The molecule has 112 valence electrons. The van der Waals surface area contributed by atoms with Gasteiger partial charge in [0.1, 0.15) is 5.69 Å². The Hall–Kier alpha value is -1.01. The van der Waals surface area contributed by atoms with Crippen LogP contribution >= 0.6 is 11.8 Å². The zero-order valence-electron chi connectivity index (χ0n) is 12.3. The van der Waals surface area contributed by atoms with Crippen LogP contribution in [0, 0.1) is 0 Å². The summed E-state index contributed by atoms with van der Waals surface area (Å²) in [6.07, 6.45) is 1.47. The summed E-state index contributed by atoms with van der Waals surface area (Å²) in [4.78, 5) is 12.1. The third kappa shape index (κ3) is 3.55. The van der Waals surface area contributed by atoms with E-state index in [1.54, 1.807) is 4.68 Å². The molecule has 1 fully saturated rings. The molecule has 0 saturated carbocycles. The first-order valence-corrected chi connectivity index (χ1v) is 8.19. The molecule has 6 heteroatoms. The molecule has 1 aliphatic rings. The van der Waals surface area contributed by atoms with E-state index in [2.05, 4.69) is 24.3 Å². The van der Waals surface area contributed by atoms with E-state index in [1.807, 2.05) is 24.9 Å². The van der Waals surface area contributed by atoms with Gasteiger partial charge >= 0.3 is 0 Å². The molecule has 2 heterocycles. The number of aromatic nitrogens is 2. The minimum atomic E-state index is -0.753. The molecule has 0 radical (unpaired) electrons. The first-order valence-electron chi connectivity index (χ1n) is 7.03. The van der Waals surface area contributed by atoms with Crippen molar-refractivity contribution in [3.63, 3.8) is 0 Å². The van der Waals surface area contributed by atoms with Gasteiger partial charge in [0.25, 0.3) is 5.91 Å². The molecule has 0 aliphatic carbocycles. The van der Waals surface area contributed by atoms with E-state index in [4.69, 9.17) is 0 Å². The zero-order valence-corrected chi connectivity index (χ0v) is 13.2. The fourth-order valence-electron chi connectivity index (χ4n) is 2.40. The summed E-state index contributed by atoms with van der Waals surface area (Å²) in [5, 5.41) is 17.4. The molecule has 2 rings (SSSR count). The van der Waals surface area contributed by atoms with Gasteiger partial charge in [0, 0.05) is 19.3 Å². The van der Waals surface area contributed by atoms with E-state index in [1.165, 1.54) is 0 Å². The van der Waals surface area contributed by atoms with Crippen LogP contribution in [0.3, 0.4) is 0 Å². The van der Waals surface area contributed by atoms with Gasteiger partial charge in [-0.05, 0) is 36.3 Å². The van der Waals surface area contributed by atoms with Gasteiger partial charge in [-0.15, -0.1) is 0 Å². The lowest BCUT2D eigenvalue weighted by atomic mass is 9.97. The number of hydrogen-bond donors (Lipinski definition) is 2. The van der Waals surface area contributed by atoms with Crippen LogP contribution in [0.2, 0.25) is 0 Å². The first-order chi connectivity index (χ1) is 9.41. The second-order valence-corrected chi connectivity index (χ2v) is 6.98. The quantitative estimate of drug-likeness (QED) is 0.884. The average Bonchev–Trinajstić information content (AvgIpc) is 2.79. The van der Waals surface area contributed by atoms with Crippen LogP contribution in [0.4, 0.5) is 0 Å². The third-order valence-electron chi connectivity index (χ3n) is 3.74. The molecule has 1 saturated heterocycles. The molecular formula is C14H23N3O2S. The predicted molar refractivity (Wildman–Crippen MR) is 81.1 cm³/mol. The molecule has 1 aromatic rings. The molecule has 20 heavy (non-hydrogen) atoms. The van der Waals surface area contributed by atoms with Crippen LogP contribution in [0.5, 0.6) is 0 Å². The van der Waals surface area contributed by atoms with E-state index < -0.39 is 5.60 Å². The predicted octanol–water partition coefficient (Wildman–Crippen LogP) is 1.53. The van der Waals surface area contributed by atoms with Crippen molar-refractivity contribution in [1.29, 1.82) is 0 Å². The topological polar surface area (TPSA) is 67.2 Å². The first kappa shape index (κ1) is 15.4. The van der Waals surface area contributed by atoms with Crippen LogP contribution in [-0.4, -0.2) is 44.4 Å². The normalized spacial score (nSPS) is 18.2. The van der Waals surface area contributed by atoms with Crippen LogP contribution in [0.25, 0.3) is 0 Å². The molecule has 2 N–H and O–H groups in total. The molecule has 1 aliphatic heterocycles. The average molecular weight is 297 g/mol. The Morgan fingerprint density at radius 2 is 2.20 bits per heavy atom. The monoisotopic (exact) mass is 297 g/mol. The van der Waals surface area contributed by atoms with E-state index in [0.29, 0.717) is 18.2 Å². The molecule has 5 nitrogen and oxygen atoms in total. The second-order valence-electron chi connectivity index (χ2n) is 5.75. The van der Waals surface area contributed by atoms with Crippen molar-refractivity contribution in [2.45, 2.75) is 38.2 Å². The molecule has 0 unspecified atom stereocenters. The minimum Gasteiger partial charge on any atom is -0.388 e. The molecule has 0 bridgehead atoms. The number of nitrogens with one attached hydrogen (secondary N) is 1. The fraction of sp³-hybridized carbons (Fsp3) is 0.714. The molecule has 1 aromatic heterocycles. The van der Waals surface area contributed by atoms with E-state index >= 15 is 0 Å². The van der Waals surface area contributed by atoms with E-state index in [-0.39, 0.29) is 5.91 Å². The van der Waals surface area contributed by atoms with Crippen molar-refractivity contribution in [2.75, 3.05) is 18.1 Å². The third-order valence-corrected chi connectivity index (χ3v) is 4.73. The summed E-state index contributed by atoms with van der Waals surface area (Å²) in [5.74, 6) is 2.02.